The molecule has 70 valence electrons. The minimum Gasteiger partial charge on any atom is -0.394 e. The van der Waals surface area contributed by atoms with Gasteiger partial charge < -0.3 is 14.7 Å². The third kappa shape index (κ3) is 1.84. The summed E-state index contributed by atoms with van der Waals surface area (Å²) in [6.45, 7) is 1.22. The van der Waals surface area contributed by atoms with Crippen molar-refractivity contribution in [2.24, 2.45) is 5.84 Å². The number of urea groups is 1. The number of hydrogen-bond donors (Lipinski definition) is 3. The molecule has 0 spiro atoms. The van der Waals surface area contributed by atoms with Crippen LogP contribution in [0.4, 0.5) is 4.79 Å². The lowest BCUT2D eigenvalue weighted by molar-refractivity contribution is -0.00757. The third-order valence-corrected chi connectivity index (χ3v) is 1.82. The first-order chi connectivity index (χ1) is 5.79. The lowest BCUT2D eigenvalue weighted by Gasteiger charge is -2.33. The Bertz CT molecular complexity index is 164. The number of rotatable bonds is 1. The molecular formula is C6H13N3O3. The predicted molar refractivity (Wildman–Crippen MR) is 41.1 cm³/mol. The van der Waals surface area contributed by atoms with E-state index >= 15 is 0 Å². The zero-order valence-electron chi connectivity index (χ0n) is 6.69. The quantitative estimate of drug-likeness (QED) is 0.251. The summed E-state index contributed by atoms with van der Waals surface area (Å²) in [5, 5.41) is 8.86. The highest BCUT2D eigenvalue weighted by Crippen LogP contribution is 2.05. The van der Waals surface area contributed by atoms with Crippen molar-refractivity contribution in [1.29, 1.82) is 0 Å². The number of nitrogens with one attached hydrogen (secondary N) is 1. The summed E-state index contributed by atoms with van der Waals surface area (Å²) < 4.78 is 5.08. The number of ether oxygens (including phenoxy) is 1. The van der Waals surface area contributed by atoms with Crippen LogP contribution in [0.5, 0.6) is 0 Å². The fraction of sp³-hybridized carbons (Fsp3) is 0.833. The van der Waals surface area contributed by atoms with Crippen molar-refractivity contribution in [1.82, 2.24) is 10.3 Å². The fourth-order valence-electron chi connectivity index (χ4n) is 1.16. The molecule has 1 fully saturated rings. The largest absolute Gasteiger partial charge is 0.394 e. The summed E-state index contributed by atoms with van der Waals surface area (Å²) >= 11 is 0. The number of hydrazine groups is 1. The average Bonchev–Trinajstić information content (AvgIpc) is 2.16. The number of amides is 2. The lowest BCUT2D eigenvalue weighted by atomic mass is 10.2. The van der Waals surface area contributed by atoms with E-state index in [1.165, 1.54) is 4.90 Å². The maximum Gasteiger partial charge on any atom is 0.332 e. The highest BCUT2D eigenvalue weighted by atomic mass is 16.5. The van der Waals surface area contributed by atoms with Gasteiger partial charge in [-0.05, 0) is 0 Å². The molecule has 12 heavy (non-hydrogen) atoms. The molecule has 1 atom stereocenters. The maximum absolute atomic E-state index is 11.1. The fourth-order valence-corrected chi connectivity index (χ4v) is 1.16. The lowest BCUT2D eigenvalue weighted by Crippen LogP contribution is -2.55. The number of morpholine rings is 1. The van der Waals surface area contributed by atoms with E-state index in [9.17, 15) is 4.79 Å². The van der Waals surface area contributed by atoms with E-state index in [1.807, 2.05) is 5.43 Å². The maximum atomic E-state index is 11.1. The molecule has 6 nitrogen and oxygen atoms in total. The van der Waals surface area contributed by atoms with Crippen molar-refractivity contribution in [3.05, 3.63) is 0 Å². The van der Waals surface area contributed by atoms with E-state index in [4.69, 9.17) is 15.7 Å². The van der Waals surface area contributed by atoms with Gasteiger partial charge in [-0.15, -0.1) is 0 Å². The van der Waals surface area contributed by atoms with Crippen molar-refractivity contribution in [3.8, 4) is 0 Å². The van der Waals surface area contributed by atoms with Gasteiger partial charge in [-0.2, -0.15) is 0 Å². The van der Waals surface area contributed by atoms with Crippen molar-refractivity contribution >= 4 is 6.03 Å². The van der Waals surface area contributed by atoms with Gasteiger partial charge in [-0.1, -0.05) is 0 Å². The van der Waals surface area contributed by atoms with Gasteiger partial charge in [0.25, 0.3) is 0 Å². The monoisotopic (exact) mass is 175 g/mol. The van der Waals surface area contributed by atoms with Gasteiger partial charge >= 0.3 is 6.03 Å². The normalized spacial score (nSPS) is 23.8. The molecule has 2 amide bonds. The Morgan fingerprint density at radius 3 is 3.17 bits per heavy atom. The molecule has 0 aromatic carbocycles. The molecule has 0 aromatic heterocycles. The van der Waals surface area contributed by atoms with Gasteiger partial charge in [0.1, 0.15) is 0 Å². The molecule has 1 aliphatic rings. The Morgan fingerprint density at radius 2 is 2.58 bits per heavy atom. The minimum absolute atomic E-state index is 0.104. The molecule has 1 rings (SSSR count). The van der Waals surface area contributed by atoms with Crippen LogP contribution in [0, 0.1) is 0 Å². The zero-order chi connectivity index (χ0) is 8.97. The summed E-state index contributed by atoms with van der Waals surface area (Å²) in [7, 11) is 0. The van der Waals surface area contributed by atoms with Crippen LogP contribution in [0.1, 0.15) is 0 Å². The number of nitrogens with zero attached hydrogens (tertiary/aromatic N) is 1. The average molecular weight is 175 g/mol. The van der Waals surface area contributed by atoms with E-state index in [2.05, 4.69) is 0 Å². The van der Waals surface area contributed by atoms with Crippen LogP contribution in [-0.2, 0) is 4.74 Å². The second kappa shape index (κ2) is 4.24. The summed E-state index contributed by atoms with van der Waals surface area (Å²) in [5.74, 6) is 4.96. The number of aliphatic hydroxyl groups is 1. The van der Waals surface area contributed by atoms with Crippen molar-refractivity contribution < 1.29 is 14.6 Å². The molecule has 1 heterocycles. The van der Waals surface area contributed by atoms with Gasteiger partial charge in [0, 0.05) is 6.54 Å². The highest BCUT2D eigenvalue weighted by molar-refractivity contribution is 5.73. The van der Waals surface area contributed by atoms with Crippen LogP contribution in [0.3, 0.4) is 0 Å². The standard InChI is InChI=1S/C6H13N3O3/c7-8-6(11)9-1-2-12-4-5(9)3-10/h5,10H,1-4,7H2,(H,8,11). The Hall–Kier alpha value is -0.850. The van der Waals surface area contributed by atoms with Gasteiger partial charge in [0.05, 0.1) is 25.9 Å². The van der Waals surface area contributed by atoms with Gasteiger partial charge in [0.2, 0.25) is 0 Å². The van der Waals surface area contributed by atoms with Gasteiger partial charge in [-0.3, -0.25) is 5.43 Å². The number of carbonyl (C=O) groups is 1. The van der Waals surface area contributed by atoms with E-state index in [1.54, 1.807) is 0 Å². The van der Waals surface area contributed by atoms with Crippen LogP contribution >= 0.6 is 0 Å². The van der Waals surface area contributed by atoms with E-state index in [-0.39, 0.29) is 18.7 Å². The summed E-state index contributed by atoms with van der Waals surface area (Å²) in [6, 6.07) is -0.653. The molecule has 0 aromatic rings. The Labute approximate surface area is 70.2 Å². The van der Waals surface area contributed by atoms with Crippen LogP contribution in [0.2, 0.25) is 0 Å². The van der Waals surface area contributed by atoms with E-state index in [0.29, 0.717) is 19.8 Å². The van der Waals surface area contributed by atoms with Crippen LogP contribution < -0.4 is 11.3 Å². The summed E-state index contributed by atoms with van der Waals surface area (Å²) in [4.78, 5) is 12.5. The Morgan fingerprint density at radius 1 is 1.83 bits per heavy atom. The van der Waals surface area contributed by atoms with Crippen LogP contribution in [-0.4, -0.2) is 48.4 Å². The number of aliphatic hydroxyl groups excluding tert-OH is 1. The molecule has 6 heteroatoms. The van der Waals surface area contributed by atoms with Crippen LogP contribution in [0.15, 0.2) is 0 Å². The van der Waals surface area contributed by atoms with Crippen molar-refractivity contribution in [3.63, 3.8) is 0 Å². The molecular weight excluding hydrogens is 162 g/mol. The number of nitrogens with two attached hydrogens (primary N) is 1. The first-order valence-corrected chi connectivity index (χ1v) is 3.75. The highest BCUT2D eigenvalue weighted by Gasteiger charge is 2.25. The van der Waals surface area contributed by atoms with E-state index in [0.717, 1.165) is 0 Å². The molecule has 4 N–H and O–H groups in total. The van der Waals surface area contributed by atoms with Gasteiger partial charge in [0.15, 0.2) is 0 Å². The topological polar surface area (TPSA) is 87.8 Å². The molecule has 1 unspecified atom stereocenters. The first kappa shape index (κ1) is 9.24. The molecule has 1 saturated heterocycles. The smallest absolute Gasteiger partial charge is 0.332 e. The number of carbonyl (C=O) groups excluding carboxylic acids is 1. The molecule has 0 bridgehead atoms. The second-order valence-electron chi connectivity index (χ2n) is 2.55. The summed E-state index contributed by atoms with van der Waals surface area (Å²) in [6.07, 6.45) is 0. The number of hydrogen-bond acceptors (Lipinski definition) is 4. The van der Waals surface area contributed by atoms with Crippen molar-refractivity contribution in [2.45, 2.75) is 6.04 Å². The molecule has 0 radical (unpaired) electrons. The Kier molecular flexibility index (Phi) is 3.27. The zero-order valence-corrected chi connectivity index (χ0v) is 6.69. The molecule has 1 aliphatic heterocycles. The van der Waals surface area contributed by atoms with Crippen LogP contribution in [0.25, 0.3) is 0 Å². The second-order valence-corrected chi connectivity index (χ2v) is 2.55. The first-order valence-electron chi connectivity index (χ1n) is 3.75. The summed E-state index contributed by atoms with van der Waals surface area (Å²) in [5.41, 5.74) is 2.02. The SMILES string of the molecule is NNC(=O)N1CCOCC1CO. The molecule has 0 saturated carbocycles. The molecule has 0 aliphatic carbocycles. The van der Waals surface area contributed by atoms with Gasteiger partial charge in [-0.25, -0.2) is 10.6 Å². The van der Waals surface area contributed by atoms with E-state index < -0.39 is 0 Å². The Balaban J connectivity index is 2.52. The third-order valence-electron chi connectivity index (χ3n) is 1.82. The minimum atomic E-state index is -0.377. The predicted octanol–water partition coefficient (Wildman–Crippen LogP) is -1.74. The van der Waals surface area contributed by atoms with Crippen molar-refractivity contribution in [2.75, 3.05) is 26.4 Å².